The molecule has 1 aromatic heterocycles. The number of hydrogen-bond acceptors (Lipinski definition) is 5. The van der Waals surface area contributed by atoms with Crippen LogP contribution in [0, 0.1) is 5.92 Å². The third-order valence-corrected chi connectivity index (χ3v) is 4.66. The van der Waals surface area contributed by atoms with Crippen molar-refractivity contribution in [2.24, 2.45) is 5.92 Å². The van der Waals surface area contributed by atoms with Crippen molar-refractivity contribution in [2.45, 2.75) is 25.8 Å². The Morgan fingerprint density at radius 3 is 2.33 bits per heavy atom. The summed E-state index contributed by atoms with van der Waals surface area (Å²) in [7, 11) is 1.60. The highest BCUT2D eigenvalue weighted by Crippen LogP contribution is 2.22. The topological polar surface area (TPSA) is 81.8 Å². The summed E-state index contributed by atoms with van der Waals surface area (Å²) >= 11 is 0. The zero-order valence-corrected chi connectivity index (χ0v) is 17.3. The van der Waals surface area contributed by atoms with E-state index in [4.69, 9.17) is 4.74 Å². The van der Waals surface area contributed by atoms with Crippen molar-refractivity contribution in [1.29, 1.82) is 0 Å². The molecule has 1 aromatic carbocycles. The van der Waals surface area contributed by atoms with Crippen LogP contribution in [0.4, 0.5) is 5.82 Å². The minimum Gasteiger partial charge on any atom is -0.480 e. The third kappa shape index (κ3) is 8.30. The van der Waals surface area contributed by atoms with Crippen molar-refractivity contribution in [3.63, 3.8) is 0 Å². The maximum atomic E-state index is 5.02. The average Bonchev–Trinajstić information content (AvgIpc) is 2.65. The number of hydrogen-bond donors (Lipinski definition) is 1. The first-order valence-corrected chi connectivity index (χ1v) is 8.71. The molecule has 1 fully saturated rings. The molecule has 2 heterocycles. The summed E-state index contributed by atoms with van der Waals surface area (Å²) in [5, 5.41) is 11.4. The molecule has 0 unspecified atom stereocenters. The van der Waals surface area contributed by atoms with Crippen LogP contribution in [-0.2, 0) is 6.54 Å². The molecule has 2 aromatic rings. The number of methoxy groups -OCH3 is 1. The molecule has 6 nitrogen and oxygen atoms in total. The number of nitrogens with one attached hydrogen (secondary N) is 1. The lowest BCUT2D eigenvalue weighted by molar-refractivity contribution is 0.174. The van der Waals surface area contributed by atoms with Gasteiger partial charge in [-0.3, -0.25) is 4.90 Å². The van der Waals surface area contributed by atoms with E-state index in [0.717, 1.165) is 24.8 Å². The van der Waals surface area contributed by atoms with Gasteiger partial charge in [0.2, 0.25) is 5.88 Å². The molecule has 0 radical (unpaired) electrons. The summed E-state index contributed by atoms with van der Waals surface area (Å²) in [6.45, 7) is 4.42. The van der Waals surface area contributed by atoms with Crippen molar-refractivity contribution < 1.29 is 10.2 Å². The highest BCUT2D eigenvalue weighted by Gasteiger charge is 2.18. The van der Waals surface area contributed by atoms with Gasteiger partial charge in [-0.1, -0.05) is 30.3 Å². The van der Waals surface area contributed by atoms with Gasteiger partial charge in [-0.25, -0.2) is 0 Å². The van der Waals surface area contributed by atoms with Crippen LogP contribution >= 0.6 is 24.8 Å². The number of anilines is 1. The number of benzene rings is 1. The molecule has 0 atom stereocenters. The number of rotatable bonds is 7. The third-order valence-electron chi connectivity index (χ3n) is 4.66. The number of ether oxygens (including phenoxy) is 1. The fourth-order valence-corrected chi connectivity index (χ4v) is 3.20. The normalized spacial score (nSPS) is 14.3. The molecule has 0 aliphatic carbocycles. The zero-order chi connectivity index (χ0) is 16.6. The summed E-state index contributed by atoms with van der Waals surface area (Å²) in [5.41, 5.74) is 1.41. The van der Waals surface area contributed by atoms with Gasteiger partial charge < -0.3 is 15.5 Å². The number of likely N-dealkylation sites (tertiary alicyclic amines) is 1. The Morgan fingerprint density at radius 2 is 1.74 bits per heavy atom. The van der Waals surface area contributed by atoms with Gasteiger partial charge in [-0.2, -0.15) is 0 Å². The van der Waals surface area contributed by atoms with Crippen LogP contribution in [0.5, 0.6) is 5.88 Å². The zero-order valence-electron chi connectivity index (χ0n) is 15.6. The first kappa shape index (κ1) is 25.4. The fraction of sp³-hybridized carbons (Fsp3) is 0.474. The largest absolute Gasteiger partial charge is 0.480 e. The van der Waals surface area contributed by atoms with Gasteiger partial charge in [0, 0.05) is 19.2 Å². The Morgan fingerprint density at radius 1 is 1.04 bits per heavy atom. The first-order valence-electron chi connectivity index (χ1n) is 8.71. The Hall–Kier alpha value is -1.60. The van der Waals surface area contributed by atoms with Crippen LogP contribution in [0.1, 0.15) is 24.8 Å². The summed E-state index contributed by atoms with van der Waals surface area (Å²) in [4.78, 5) is 2.56. The van der Waals surface area contributed by atoms with Crippen molar-refractivity contribution in [2.75, 3.05) is 32.1 Å². The van der Waals surface area contributed by atoms with Gasteiger partial charge in [0.15, 0.2) is 0 Å². The van der Waals surface area contributed by atoms with Crippen LogP contribution in [0.3, 0.4) is 0 Å². The Labute approximate surface area is 173 Å². The molecular formula is C19H30Cl2N4O2. The standard InChI is InChI=1S/C19H26N4O.2ClH.H2O/c1-24-19-8-7-18(21-22-19)20-12-9-16-10-13-23(14-11-16)15-17-5-3-2-4-6-17;;;/h2-8,16H,9-15H2,1H3,(H,20,21);2*1H;1H2. The molecule has 27 heavy (non-hydrogen) atoms. The Balaban J connectivity index is 0.00000225. The van der Waals surface area contributed by atoms with Crippen LogP contribution in [-0.4, -0.2) is 47.3 Å². The highest BCUT2D eigenvalue weighted by molar-refractivity contribution is 5.85. The minimum absolute atomic E-state index is 0. The Kier molecular flexibility index (Phi) is 12.7. The quantitative estimate of drug-likeness (QED) is 0.748. The van der Waals surface area contributed by atoms with E-state index in [-0.39, 0.29) is 30.3 Å². The molecule has 0 bridgehead atoms. The maximum absolute atomic E-state index is 5.02. The second-order valence-corrected chi connectivity index (χ2v) is 6.38. The Bertz CT molecular complexity index is 609. The van der Waals surface area contributed by atoms with Gasteiger partial charge in [0.25, 0.3) is 0 Å². The fourth-order valence-electron chi connectivity index (χ4n) is 3.20. The second-order valence-electron chi connectivity index (χ2n) is 6.38. The van der Waals surface area contributed by atoms with Crippen molar-refractivity contribution >= 4 is 30.6 Å². The first-order chi connectivity index (χ1) is 11.8. The molecule has 152 valence electrons. The van der Waals surface area contributed by atoms with Crippen molar-refractivity contribution in [3.8, 4) is 5.88 Å². The van der Waals surface area contributed by atoms with E-state index in [9.17, 15) is 0 Å². The molecule has 1 aliphatic heterocycles. The summed E-state index contributed by atoms with van der Waals surface area (Å²) in [6.07, 6.45) is 3.75. The summed E-state index contributed by atoms with van der Waals surface area (Å²) < 4.78 is 5.02. The van der Waals surface area contributed by atoms with Crippen molar-refractivity contribution in [3.05, 3.63) is 48.0 Å². The minimum atomic E-state index is 0. The van der Waals surface area contributed by atoms with E-state index in [1.54, 1.807) is 7.11 Å². The monoisotopic (exact) mass is 416 g/mol. The van der Waals surface area contributed by atoms with Crippen molar-refractivity contribution in [1.82, 2.24) is 15.1 Å². The van der Waals surface area contributed by atoms with E-state index in [2.05, 4.69) is 50.7 Å². The van der Waals surface area contributed by atoms with Crippen LogP contribution in [0.15, 0.2) is 42.5 Å². The predicted molar refractivity (Wildman–Crippen MR) is 114 cm³/mol. The van der Waals surface area contributed by atoms with Gasteiger partial charge in [0.05, 0.1) is 7.11 Å². The predicted octanol–water partition coefficient (Wildman–Crippen LogP) is 3.22. The van der Waals surface area contributed by atoms with E-state index in [1.165, 1.54) is 37.9 Å². The molecular weight excluding hydrogens is 387 g/mol. The summed E-state index contributed by atoms with van der Waals surface area (Å²) in [5.74, 6) is 2.17. The molecule has 0 spiro atoms. The van der Waals surface area contributed by atoms with E-state index in [0.29, 0.717) is 5.88 Å². The number of halogens is 2. The molecule has 1 aliphatic rings. The van der Waals surface area contributed by atoms with E-state index < -0.39 is 0 Å². The van der Waals surface area contributed by atoms with Gasteiger partial charge in [-0.05, 0) is 49.9 Å². The average molecular weight is 417 g/mol. The molecule has 0 saturated carbocycles. The van der Waals surface area contributed by atoms with Crippen LogP contribution in [0.25, 0.3) is 0 Å². The van der Waals surface area contributed by atoms with Gasteiger partial charge >= 0.3 is 0 Å². The second kappa shape index (κ2) is 13.6. The number of nitrogens with zero attached hydrogens (tertiary/aromatic N) is 3. The molecule has 1 saturated heterocycles. The van der Waals surface area contributed by atoms with Gasteiger partial charge in [0.1, 0.15) is 5.82 Å². The lowest BCUT2D eigenvalue weighted by Gasteiger charge is -2.32. The molecule has 3 rings (SSSR count). The van der Waals surface area contributed by atoms with Gasteiger partial charge in [-0.15, -0.1) is 35.0 Å². The van der Waals surface area contributed by atoms with E-state index >= 15 is 0 Å². The molecule has 0 amide bonds. The summed E-state index contributed by atoms with van der Waals surface area (Å²) in [6, 6.07) is 14.5. The SMILES string of the molecule is COc1ccc(NCCC2CCN(Cc3ccccc3)CC2)nn1.Cl.Cl.O. The van der Waals surface area contributed by atoms with Crippen LogP contribution in [0.2, 0.25) is 0 Å². The molecule has 8 heteroatoms. The molecule has 3 N–H and O–H groups in total. The number of aromatic nitrogens is 2. The maximum Gasteiger partial charge on any atom is 0.233 e. The van der Waals surface area contributed by atoms with E-state index in [1.807, 2.05) is 12.1 Å². The lowest BCUT2D eigenvalue weighted by Crippen LogP contribution is -2.33. The smallest absolute Gasteiger partial charge is 0.233 e. The van der Waals surface area contributed by atoms with Crippen LogP contribution < -0.4 is 10.1 Å². The highest BCUT2D eigenvalue weighted by atomic mass is 35.5. The number of piperidine rings is 1. The lowest BCUT2D eigenvalue weighted by atomic mass is 9.93.